The minimum Gasteiger partial charge on any atom is -0.408 e. The highest BCUT2D eigenvalue weighted by atomic mass is 16.4. The van der Waals surface area contributed by atoms with Crippen molar-refractivity contribution in [2.75, 3.05) is 13.1 Å². The molecule has 1 aromatic heterocycles. The van der Waals surface area contributed by atoms with Crippen LogP contribution in [0.15, 0.2) is 27.4 Å². The van der Waals surface area contributed by atoms with Gasteiger partial charge in [-0.2, -0.15) is 0 Å². The number of aromatic nitrogens is 1. The molecule has 0 aliphatic heterocycles. The molecule has 4 N–H and O–H groups in total. The third-order valence-electron chi connectivity index (χ3n) is 2.65. The number of benzene rings is 1. The molecule has 5 heteroatoms. The Labute approximate surface area is 105 Å². The standard InChI is InChI=1S/C13H19N3O2/c1-13(2,14)8-15-6-5-9-3-4-11-10(7-9)16-12(17)18-11/h3-4,7,15H,5-6,8,14H2,1-2H3,(H,16,17). The van der Waals surface area contributed by atoms with Crippen molar-refractivity contribution in [2.24, 2.45) is 5.73 Å². The molecule has 0 atom stereocenters. The Hall–Kier alpha value is -1.59. The molecule has 2 rings (SSSR count). The molecule has 98 valence electrons. The zero-order valence-corrected chi connectivity index (χ0v) is 10.7. The number of rotatable bonds is 5. The zero-order valence-electron chi connectivity index (χ0n) is 10.7. The predicted octanol–water partition coefficient (Wildman–Crippen LogP) is 0.990. The van der Waals surface area contributed by atoms with Gasteiger partial charge in [-0.15, -0.1) is 0 Å². The number of fused-ring (bicyclic) bond motifs is 1. The average molecular weight is 249 g/mol. The minimum atomic E-state index is -0.412. The van der Waals surface area contributed by atoms with Crippen LogP contribution in [0.3, 0.4) is 0 Å². The summed E-state index contributed by atoms with van der Waals surface area (Å²) in [5.41, 5.74) is 8.18. The van der Waals surface area contributed by atoms with E-state index in [2.05, 4.69) is 10.3 Å². The van der Waals surface area contributed by atoms with Crippen LogP contribution in [-0.2, 0) is 6.42 Å². The van der Waals surface area contributed by atoms with Crippen LogP contribution in [0.25, 0.3) is 11.1 Å². The summed E-state index contributed by atoms with van der Waals surface area (Å²) in [6.45, 7) is 5.61. The minimum absolute atomic E-state index is 0.195. The van der Waals surface area contributed by atoms with Crippen molar-refractivity contribution >= 4 is 11.1 Å². The first-order valence-electron chi connectivity index (χ1n) is 6.05. The van der Waals surface area contributed by atoms with E-state index in [1.807, 2.05) is 32.0 Å². The molecule has 1 heterocycles. The van der Waals surface area contributed by atoms with E-state index in [0.29, 0.717) is 5.58 Å². The maximum atomic E-state index is 11.0. The van der Waals surface area contributed by atoms with Crippen molar-refractivity contribution in [2.45, 2.75) is 25.8 Å². The lowest BCUT2D eigenvalue weighted by Gasteiger charge is -2.18. The fourth-order valence-corrected chi connectivity index (χ4v) is 1.80. The summed E-state index contributed by atoms with van der Waals surface area (Å²) in [5, 5.41) is 3.31. The van der Waals surface area contributed by atoms with E-state index in [1.165, 1.54) is 0 Å². The fraction of sp³-hybridized carbons (Fsp3) is 0.462. The zero-order chi connectivity index (χ0) is 13.2. The van der Waals surface area contributed by atoms with E-state index in [1.54, 1.807) is 0 Å². The number of nitrogens with two attached hydrogens (primary N) is 1. The summed E-state index contributed by atoms with van der Waals surface area (Å²) in [6.07, 6.45) is 0.888. The molecule has 18 heavy (non-hydrogen) atoms. The van der Waals surface area contributed by atoms with Gasteiger partial charge in [0.05, 0.1) is 5.52 Å². The van der Waals surface area contributed by atoms with E-state index < -0.39 is 5.76 Å². The fourth-order valence-electron chi connectivity index (χ4n) is 1.80. The second kappa shape index (κ2) is 4.96. The van der Waals surface area contributed by atoms with E-state index in [4.69, 9.17) is 10.2 Å². The number of nitrogens with one attached hydrogen (secondary N) is 2. The van der Waals surface area contributed by atoms with Gasteiger partial charge in [-0.3, -0.25) is 4.98 Å². The summed E-state index contributed by atoms with van der Waals surface area (Å²) >= 11 is 0. The number of aromatic amines is 1. The molecule has 0 saturated heterocycles. The molecule has 0 radical (unpaired) electrons. The van der Waals surface area contributed by atoms with E-state index in [-0.39, 0.29) is 5.54 Å². The van der Waals surface area contributed by atoms with Crippen molar-refractivity contribution < 1.29 is 4.42 Å². The topological polar surface area (TPSA) is 84.0 Å². The quantitative estimate of drug-likeness (QED) is 0.690. The van der Waals surface area contributed by atoms with E-state index >= 15 is 0 Å². The Kier molecular flexibility index (Phi) is 3.54. The third kappa shape index (κ3) is 3.45. The Bertz CT molecular complexity index is 578. The molecular weight excluding hydrogens is 230 g/mol. The van der Waals surface area contributed by atoms with Gasteiger partial charge in [-0.05, 0) is 44.5 Å². The van der Waals surface area contributed by atoms with Gasteiger partial charge in [0.15, 0.2) is 5.58 Å². The predicted molar refractivity (Wildman–Crippen MR) is 71.7 cm³/mol. The van der Waals surface area contributed by atoms with E-state index in [9.17, 15) is 4.79 Å². The van der Waals surface area contributed by atoms with Crippen LogP contribution in [0.1, 0.15) is 19.4 Å². The molecule has 0 unspecified atom stereocenters. The van der Waals surface area contributed by atoms with Gasteiger partial charge in [0, 0.05) is 12.1 Å². The van der Waals surface area contributed by atoms with Gasteiger partial charge < -0.3 is 15.5 Å². The molecule has 0 aliphatic carbocycles. The lowest BCUT2D eigenvalue weighted by Crippen LogP contribution is -2.43. The Balaban J connectivity index is 1.93. The van der Waals surface area contributed by atoms with Crippen molar-refractivity contribution in [3.05, 3.63) is 34.3 Å². The van der Waals surface area contributed by atoms with Crippen LogP contribution in [0.2, 0.25) is 0 Å². The number of hydrogen-bond acceptors (Lipinski definition) is 4. The first-order chi connectivity index (χ1) is 8.44. The average Bonchev–Trinajstić information content (AvgIpc) is 2.62. The third-order valence-corrected chi connectivity index (χ3v) is 2.65. The summed E-state index contributed by atoms with van der Waals surface area (Å²) < 4.78 is 4.95. The van der Waals surface area contributed by atoms with Crippen LogP contribution in [0.5, 0.6) is 0 Å². The maximum Gasteiger partial charge on any atom is 0.417 e. The highest BCUT2D eigenvalue weighted by Crippen LogP contribution is 2.12. The highest BCUT2D eigenvalue weighted by molar-refractivity contribution is 5.72. The van der Waals surface area contributed by atoms with Crippen LogP contribution >= 0.6 is 0 Å². The number of hydrogen-bond donors (Lipinski definition) is 3. The summed E-state index contributed by atoms with van der Waals surface area (Å²) in [6, 6.07) is 5.72. The van der Waals surface area contributed by atoms with Gasteiger partial charge in [0.1, 0.15) is 0 Å². The molecule has 0 saturated carbocycles. The maximum absolute atomic E-state index is 11.0. The number of H-pyrrole nitrogens is 1. The first kappa shape index (κ1) is 12.9. The molecule has 0 fully saturated rings. The second-order valence-corrected chi connectivity index (χ2v) is 5.26. The summed E-state index contributed by atoms with van der Waals surface area (Å²) in [7, 11) is 0. The van der Waals surface area contributed by atoms with Gasteiger partial charge in [-0.25, -0.2) is 4.79 Å². The van der Waals surface area contributed by atoms with Gasteiger partial charge >= 0.3 is 5.76 Å². The van der Waals surface area contributed by atoms with Gasteiger partial charge in [0.2, 0.25) is 0 Å². The second-order valence-electron chi connectivity index (χ2n) is 5.26. The van der Waals surface area contributed by atoms with Crippen LogP contribution in [0, 0.1) is 0 Å². The summed E-state index contributed by atoms with van der Waals surface area (Å²) in [4.78, 5) is 13.7. The monoisotopic (exact) mass is 249 g/mol. The highest BCUT2D eigenvalue weighted by Gasteiger charge is 2.09. The normalized spacial score (nSPS) is 12.2. The van der Waals surface area contributed by atoms with Gasteiger partial charge in [0.25, 0.3) is 0 Å². The summed E-state index contributed by atoms with van der Waals surface area (Å²) in [5.74, 6) is -0.412. The molecule has 0 amide bonds. The molecule has 1 aromatic carbocycles. The molecule has 2 aromatic rings. The first-order valence-corrected chi connectivity index (χ1v) is 6.05. The lowest BCUT2D eigenvalue weighted by atomic mass is 10.1. The molecule has 0 aliphatic rings. The van der Waals surface area contributed by atoms with Crippen molar-refractivity contribution in [1.82, 2.24) is 10.3 Å². The molecule has 0 spiro atoms. The lowest BCUT2D eigenvalue weighted by molar-refractivity contribution is 0.469. The van der Waals surface area contributed by atoms with Crippen LogP contribution < -0.4 is 16.8 Å². The Morgan fingerprint density at radius 3 is 2.94 bits per heavy atom. The SMILES string of the molecule is CC(C)(N)CNCCc1ccc2oc(=O)[nH]c2c1. The molecule has 5 nitrogen and oxygen atoms in total. The molecule has 0 bridgehead atoms. The van der Waals surface area contributed by atoms with Crippen molar-refractivity contribution in [3.8, 4) is 0 Å². The van der Waals surface area contributed by atoms with Crippen LogP contribution in [0.4, 0.5) is 0 Å². The van der Waals surface area contributed by atoms with Crippen LogP contribution in [-0.4, -0.2) is 23.6 Å². The molecular formula is C13H19N3O2. The van der Waals surface area contributed by atoms with Crippen molar-refractivity contribution in [1.29, 1.82) is 0 Å². The largest absolute Gasteiger partial charge is 0.417 e. The van der Waals surface area contributed by atoms with Crippen molar-refractivity contribution in [3.63, 3.8) is 0 Å². The Morgan fingerprint density at radius 2 is 2.22 bits per heavy atom. The number of oxazole rings is 1. The van der Waals surface area contributed by atoms with E-state index in [0.717, 1.165) is 30.6 Å². The van der Waals surface area contributed by atoms with Gasteiger partial charge in [-0.1, -0.05) is 6.07 Å². The Morgan fingerprint density at radius 1 is 1.44 bits per heavy atom. The smallest absolute Gasteiger partial charge is 0.408 e.